The number of benzene rings is 2. The number of amides is 1. The van der Waals surface area contributed by atoms with Gasteiger partial charge in [-0.05, 0) is 79.0 Å². The summed E-state index contributed by atoms with van der Waals surface area (Å²) in [4.78, 5) is 14.7. The van der Waals surface area contributed by atoms with Crippen LogP contribution in [0.1, 0.15) is 78.0 Å². The van der Waals surface area contributed by atoms with Crippen molar-refractivity contribution in [3.05, 3.63) is 71.1 Å². The fourth-order valence-corrected chi connectivity index (χ4v) is 6.22. The third-order valence-electron chi connectivity index (χ3n) is 8.35. The highest BCUT2D eigenvalue weighted by Gasteiger charge is 2.56. The molecule has 2 fully saturated rings. The number of hydrogen-bond donors (Lipinski definition) is 0. The van der Waals surface area contributed by atoms with Gasteiger partial charge in [0.15, 0.2) is 0 Å². The van der Waals surface area contributed by atoms with Crippen LogP contribution >= 0.6 is 0 Å². The second-order valence-electron chi connectivity index (χ2n) is 13.3. The van der Waals surface area contributed by atoms with E-state index in [0.29, 0.717) is 44.0 Å². The summed E-state index contributed by atoms with van der Waals surface area (Å²) in [6, 6.07) is 12.4. The fourth-order valence-electron chi connectivity index (χ4n) is 6.22. The predicted molar refractivity (Wildman–Crippen MR) is 158 cm³/mol. The van der Waals surface area contributed by atoms with Crippen LogP contribution in [0.5, 0.6) is 11.5 Å². The minimum atomic E-state index is -0.641. The van der Waals surface area contributed by atoms with Gasteiger partial charge >= 0.3 is 6.09 Å². The molecule has 0 unspecified atom stereocenters. The van der Waals surface area contributed by atoms with Crippen LogP contribution < -0.4 is 9.47 Å². The van der Waals surface area contributed by atoms with Crippen LogP contribution in [0.2, 0.25) is 0 Å². The number of halogens is 1. The van der Waals surface area contributed by atoms with Crippen LogP contribution in [0.15, 0.2) is 54.1 Å². The smallest absolute Gasteiger partial charge is 0.410 e. The molecule has 8 heteroatoms. The van der Waals surface area contributed by atoms with E-state index in [4.69, 9.17) is 23.7 Å². The molecule has 228 valence electrons. The maximum Gasteiger partial charge on any atom is 0.410 e. The maximum atomic E-state index is 14.2. The van der Waals surface area contributed by atoms with E-state index in [1.54, 1.807) is 23.1 Å². The highest BCUT2D eigenvalue weighted by molar-refractivity contribution is 5.68. The number of carbonyl (C=O) groups excluding carboxylic acids is 1. The van der Waals surface area contributed by atoms with Gasteiger partial charge in [-0.25, -0.2) is 9.18 Å². The Kier molecular flexibility index (Phi) is 8.59. The van der Waals surface area contributed by atoms with E-state index in [2.05, 4.69) is 26.8 Å². The topological polar surface area (TPSA) is 66.5 Å². The molecule has 7 nitrogen and oxygen atoms in total. The summed E-state index contributed by atoms with van der Waals surface area (Å²) in [5.74, 6) is 1.03. The molecule has 1 amide bonds. The van der Waals surface area contributed by atoms with Crippen LogP contribution in [0.25, 0.3) is 0 Å². The van der Waals surface area contributed by atoms with Gasteiger partial charge in [0, 0.05) is 29.7 Å². The van der Waals surface area contributed by atoms with E-state index in [1.165, 1.54) is 11.6 Å². The number of rotatable bonds is 6. The Morgan fingerprint density at radius 2 is 1.98 bits per heavy atom. The van der Waals surface area contributed by atoms with Crippen LogP contribution in [0.3, 0.4) is 0 Å². The Morgan fingerprint density at radius 1 is 1.19 bits per heavy atom. The molecule has 2 aromatic rings. The lowest BCUT2D eigenvalue weighted by molar-refractivity contribution is -0.231. The molecule has 3 aliphatic rings. The zero-order valence-electron chi connectivity index (χ0n) is 25.7. The van der Waals surface area contributed by atoms with Gasteiger partial charge in [-0.1, -0.05) is 29.8 Å². The van der Waals surface area contributed by atoms with E-state index in [1.807, 2.05) is 39.0 Å². The van der Waals surface area contributed by atoms with Crippen molar-refractivity contribution in [2.45, 2.75) is 90.3 Å². The molecule has 4 atom stereocenters. The summed E-state index contributed by atoms with van der Waals surface area (Å²) in [7, 11) is 0. The molecule has 0 N–H and O–H groups in total. The fraction of sp³-hybridized carbons (Fsp3) is 0.559. The highest BCUT2D eigenvalue weighted by atomic mass is 19.1. The van der Waals surface area contributed by atoms with Gasteiger partial charge in [-0.3, -0.25) is 0 Å². The minimum absolute atomic E-state index is 0.00641. The average molecular weight is 582 g/mol. The predicted octanol–water partition coefficient (Wildman–Crippen LogP) is 7.39. The molecular weight excluding hydrogens is 537 g/mol. The molecule has 0 radical (unpaired) electrons. The third-order valence-corrected chi connectivity index (χ3v) is 8.35. The van der Waals surface area contributed by atoms with Gasteiger partial charge in [-0.2, -0.15) is 0 Å². The highest BCUT2D eigenvalue weighted by Crippen LogP contribution is 2.54. The zero-order valence-corrected chi connectivity index (χ0v) is 25.7. The number of hydrogen-bond acceptors (Lipinski definition) is 6. The Balaban J connectivity index is 1.39. The lowest BCUT2D eigenvalue weighted by atomic mass is 9.69. The number of morpholine rings is 1. The van der Waals surface area contributed by atoms with Crippen molar-refractivity contribution in [1.29, 1.82) is 0 Å². The van der Waals surface area contributed by atoms with Crippen molar-refractivity contribution >= 4 is 6.09 Å². The molecule has 42 heavy (non-hydrogen) atoms. The molecule has 2 saturated heterocycles. The van der Waals surface area contributed by atoms with Gasteiger partial charge in [-0.15, -0.1) is 0 Å². The average Bonchev–Trinajstić information content (AvgIpc) is 2.92. The van der Waals surface area contributed by atoms with Gasteiger partial charge in [0.1, 0.15) is 40.7 Å². The van der Waals surface area contributed by atoms with Crippen molar-refractivity contribution in [2.24, 2.45) is 5.92 Å². The first-order chi connectivity index (χ1) is 19.9. The maximum absolute atomic E-state index is 14.2. The normalized spacial score (nSPS) is 27.0. The van der Waals surface area contributed by atoms with Crippen molar-refractivity contribution in [3.63, 3.8) is 0 Å². The standard InChI is InChI=1S/C34H44FNO6/c1-23(2)10-9-15-33(6)27-19-34(21-36(16-17-40-34)31(37)42-32(3,4)5)22-39-30(27)26-14-13-25(18-29(26)41-33)38-20-24-11-7-8-12-28(24)35/h7-8,10-14,18,27,30H,9,15-17,19-22H2,1-6H3/t27-,30+,33+,34-/m0/s1. The summed E-state index contributed by atoms with van der Waals surface area (Å²) in [5.41, 5.74) is 0.953. The summed E-state index contributed by atoms with van der Waals surface area (Å²) in [6.45, 7) is 13.8. The molecule has 2 aromatic carbocycles. The number of carbonyl (C=O) groups is 1. The Bertz CT molecular complexity index is 1320. The number of allylic oxidation sites excluding steroid dienone is 2. The molecule has 3 heterocycles. The minimum Gasteiger partial charge on any atom is -0.489 e. The molecule has 1 spiro atoms. The van der Waals surface area contributed by atoms with E-state index in [9.17, 15) is 9.18 Å². The second kappa shape index (κ2) is 11.9. The van der Waals surface area contributed by atoms with Crippen molar-refractivity contribution < 1.29 is 32.9 Å². The lowest BCUT2D eigenvalue weighted by Gasteiger charge is -2.55. The number of nitrogens with zero attached hydrogens (tertiary/aromatic N) is 1. The lowest BCUT2D eigenvalue weighted by Crippen LogP contribution is -2.63. The van der Waals surface area contributed by atoms with Gasteiger partial charge in [0.05, 0.1) is 25.9 Å². The van der Waals surface area contributed by atoms with Crippen LogP contribution in [-0.2, 0) is 20.8 Å². The van der Waals surface area contributed by atoms with Crippen LogP contribution in [0.4, 0.5) is 9.18 Å². The second-order valence-corrected chi connectivity index (χ2v) is 13.3. The van der Waals surface area contributed by atoms with Crippen molar-refractivity contribution in [3.8, 4) is 11.5 Å². The summed E-state index contributed by atoms with van der Waals surface area (Å²) < 4.78 is 45.7. The summed E-state index contributed by atoms with van der Waals surface area (Å²) in [6.07, 6.45) is 4.04. The largest absolute Gasteiger partial charge is 0.489 e. The first kappa shape index (κ1) is 30.4. The van der Waals surface area contributed by atoms with Gasteiger partial charge < -0.3 is 28.6 Å². The van der Waals surface area contributed by atoms with Crippen molar-refractivity contribution in [2.75, 3.05) is 26.3 Å². The summed E-state index contributed by atoms with van der Waals surface area (Å²) in [5, 5.41) is 0. The Labute approximate surface area is 248 Å². The molecular formula is C34H44FNO6. The zero-order chi connectivity index (χ0) is 30.1. The van der Waals surface area contributed by atoms with Gasteiger partial charge in [0.2, 0.25) is 0 Å². The quantitative estimate of drug-likeness (QED) is 0.332. The molecule has 0 aromatic heterocycles. The SMILES string of the molecule is CC(C)=CCC[C@@]1(C)Oc2cc(OCc3ccccc3F)ccc2[C@H]2OC[C@]3(C[C@@H]21)CN(C(=O)OC(C)(C)C)CCO3. The van der Waals surface area contributed by atoms with Crippen molar-refractivity contribution in [1.82, 2.24) is 4.90 Å². The third kappa shape index (κ3) is 6.76. The van der Waals surface area contributed by atoms with E-state index in [-0.39, 0.29) is 30.5 Å². The van der Waals surface area contributed by atoms with E-state index >= 15 is 0 Å². The molecule has 0 saturated carbocycles. The number of ether oxygens (including phenoxy) is 5. The number of fused-ring (bicyclic) bond motifs is 3. The Morgan fingerprint density at radius 3 is 2.71 bits per heavy atom. The van der Waals surface area contributed by atoms with E-state index < -0.39 is 16.8 Å². The summed E-state index contributed by atoms with van der Waals surface area (Å²) >= 11 is 0. The van der Waals surface area contributed by atoms with Crippen LogP contribution in [-0.4, -0.2) is 54.1 Å². The molecule has 0 bridgehead atoms. The van der Waals surface area contributed by atoms with Gasteiger partial charge in [0.25, 0.3) is 0 Å². The Hall–Kier alpha value is -3.10. The molecule has 3 aliphatic heterocycles. The molecule has 0 aliphatic carbocycles. The monoisotopic (exact) mass is 581 g/mol. The first-order valence-corrected chi connectivity index (χ1v) is 14.9. The van der Waals surface area contributed by atoms with Crippen LogP contribution in [0, 0.1) is 11.7 Å². The van der Waals surface area contributed by atoms with E-state index in [0.717, 1.165) is 24.2 Å². The molecule has 5 rings (SSSR count). The first-order valence-electron chi connectivity index (χ1n) is 14.9.